The summed E-state index contributed by atoms with van der Waals surface area (Å²) in [6, 6.07) is 11.9. The maximum absolute atomic E-state index is 10.0. The van der Waals surface area contributed by atoms with E-state index in [1.165, 1.54) is 0 Å². The predicted octanol–water partition coefficient (Wildman–Crippen LogP) is 1.21. The molecule has 1 saturated heterocycles. The van der Waals surface area contributed by atoms with Gasteiger partial charge in [0, 0.05) is 36.9 Å². The number of nitrogens with zero attached hydrogens (tertiary/aromatic N) is 2. The summed E-state index contributed by atoms with van der Waals surface area (Å²) in [5.74, 6) is 0. The number of aromatic nitrogens is 1. The molecule has 7 heteroatoms. The summed E-state index contributed by atoms with van der Waals surface area (Å²) >= 11 is 0. The molecule has 2 aromatic rings. The van der Waals surface area contributed by atoms with Crippen LogP contribution >= 0.6 is 0 Å². The molecule has 0 bridgehead atoms. The van der Waals surface area contributed by atoms with Gasteiger partial charge in [-0.2, -0.15) is 0 Å². The molecule has 160 valence electrons. The Bertz CT molecular complexity index is 707. The highest BCUT2D eigenvalue weighted by Crippen LogP contribution is 2.20. The number of hydrogen-bond acceptors (Lipinski definition) is 6. The van der Waals surface area contributed by atoms with E-state index < -0.39 is 24.4 Å². The highest BCUT2D eigenvalue weighted by Gasteiger charge is 2.40. The molecule has 2 heterocycles. The van der Waals surface area contributed by atoms with Crippen molar-refractivity contribution < 1.29 is 20.4 Å². The lowest BCUT2D eigenvalue weighted by Crippen LogP contribution is -2.62. The summed E-state index contributed by atoms with van der Waals surface area (Å²) < 4.78 is 2.08. The van der Waals surface area contributed by atoms with Gasteiger partial charge in [-0.1, -0.05) is 12.8 Å². The van der Waals surface area contributed by atoms with E-state index in [1.54, 1.807) is 0 Å². The minimum absolute atomic E-state index is 0.224. The Kier molecular flexibility index (Phi) is 8.09. The molecule has 0 unspecified atom stereocenters. The molecule has 1 aromatic heterocycles. The van der Waals surface area contributed by atoms with E-state index in [-0.39, 0.29) is 13.2 Å². The molecule has 1 aromatic carbocycles. The van der Waals surface area contributed by atoms with Crippen LogP contribution in [0.4, 0.5) is 5.69 Å². The standard InChI is InChI=1S/C22H33N3O4/c26-16-19-21(28)22(29)20(27)15-25(19)14-4-2-1-3-11-23-17-7-9-18(10-8-17)24-12-5-6-13-24/h5-10,12-13,19-23,26-29H,1-4,11,14-16H2/t19-,20+,21-,22-/m1/s1. The van der Waals surface area contributed by atoms with Gasteiger partial charge in [0.1, 0.15) is 12.2 Å². The first-order valence-electron chi connectivity index (χ1n) is 10.5. The fourth-order valence-corrected chi connectivity index (χ4v) is 3.92. The molecule has 3 rings (SSSR count). The van der Waals surface area contributed by atoms with Crippen LogP contribution in [0, 0.1) is 0 Å². The molecule has 0 saturated carbocycles. The third kappa shape index (κ3) is 5.81. The third-order valence-corrected chi connectivity index (χ3v) is 5.69. The van der Waals surface area contributed by atoms with Crippen molar-refractivity contribution in [1.82, 2.24) is 9.47 Å². The maximum atomic E-state index is 10.0. The normalized spacial score (nSPS) is 25.2. The van der Waals surface area contributed by atoms with Crippen molar-refractivity contribution in [2.75, 3.05) is 31.6 Å². The smallest absolute Gasteiger partial charge is 0.109 e. The molecule has 29 heavy (non-hydrogen) atoms. The van der Waals surface area contributed by atoms with Gasteiger partial charge in [0.25, 0.3) is 0 Å². The lowest BCUT2D eigenvalue weighted by atomic mass is 9.94. The van der Waals surface area contributed by atoms with Crippen LogP contribution in [0.15, 0.2) is 48.8 Å². The van der Waals surface area contributed by atoms with Crippen LogP contribution < -0.4 is 5.32 Å². The average Bonchev–Trinajstić information content (AvgIpc) is 3.27. The van der Waals surface area contributed by atoms with Crippen molar-refractivity contribution >= 4 is 5.69 Å². The van der Waals surface area contributed by atoms with Crippen molar-refractivity contribution in [2.24, 2.45) is 0 Å². The number of rotatable bonds is 10. The largest absolute Gasteiger partial charge is 0.395 e. The number of anilines is 1. The lowest BCUT2D eigenvalue weighted by molar-refractivity contribution is -0.145. The van der Waals surface area contributed by atoms with Crippen molar-refractivity contribution in [1.29, 1.82) is 0 Å². The Labute approximate surface area is 172 Å². The molecule has 0 amide bonds. The van der Waals surface area contributed by atoms with Crippen LogP contribution in [0.5, 0.6) is 0 Å². The Morgan fingerprint density at radius 3 is 2.28 bits per heavy atom. The zero-order chi connectivity index (χ0) is 20.6. The summed E-state index contributed by atoms with van der Waals surface area (Å²) in [6.07, 6.45) is 4.89. The molecular formula is C22H33N3O4. The van der Waals surface area contributed by atoms with Gasteiger partial charge in [-0.05, 0) is 55.8 Å². The zero-order valence-corrected chi connectivity index (χ0v) is 16.8. The van der Waals surface area contributed by atoms with Crippen LogP contribution in [-0.4, -0.2) is 80.5 Å². The number of unbranched alkanes of at least 4 members (excludes halogenated alkanes) is 3. The number of aliphatic hydroxyl groups is 4. The molecule has 7 nitrogen and oxygen atoms in total. The number of benzene rings is 1. The average molecular weight is 404 g/mol. The second kappa shape index (κ2) is 10.8. The van der Waals surface area contributed by atoms with Crippen molar-refractivity contribution in [2.45, 2.75) is 50.0 Å². The zero-order valence-electron chi connectivity index (χ0n) is 16.8. The molecule has 4 atom stereocenters. The van der Waals surface area contributed by atoms with Gasteiger partial charge in [-0.25, -0.2) is 0 Å². The number of piperidine rings is 1. The van der Waals surface area contributed by atoms with Crippen LogP contribution in [0.3, 0.4) is 0 Å². The quantitative estimate of drug-likeness (QED) is 0.382. The number of aliphatic hydroxyl groups excluding tert-OH is 4. The Morgan fingerprint density at radius 1 is 0.897 bits per heavy atom. The van der Waals surface area contributed by atoms with E-state index in [2.05, 4.69) is 34.1 Å². The first kappa shape index (κ1) is 21.8. The number of hydrogen-bond donors (Lipinski definition) is 5. The van der Waals surface area contributed by atoms with Crippen LogP contribution in [0.1, 0.15) is 25.7 Å². The first-order valence-corrected chi connectivity index (χ1v) is 10.5. The fourth-order valence-electron chi connectivity index (χ4n) is 3.92. The van der Waals surface area contributed by atoms with Crippen LogP contribution in [-0.2, 0) is 0 Å². The molecular weight excluding hydrogens is 370 g/mol. The Hall–Kier alpha value is -1.90. The van der Waals surface area contributed by atoms with E-state index in [4.69, 9.17) is 0 Å². The second-order valence-corrected chi connectivity index (χ2v) is 7.77. The van der Waals surface area contributed by atoms with Crippen molar-refractivity contribution in [3.05, 3.63) is 48.8 Å². The van der Waals surface area contributed by atoms with E-state index in [9.17, 15) is 20.4 Å². The van der Waals surface area contributed by atoms with Gasteiger partial charge < -0.3 is 30.3 Å². The van der Waals surface area contributed by atoms with E-state index >= 15 is 0 Å². The summed E-state index contributed by atoms with van der Waals surface area (Å²) in [6.45, 7) is 1.66. The van der Waals surface area contributed by atoms with Crippen LogP contribution in [0.2, 0.25) is 0 Å². The van der Waals surface area contributed by atoms with E-state index in [1.807, 2.05) is 29.4 Å². The second-order valence-electron chi connectivity index (χ2n) is 7.77. The fraction of sp³-hybridized carbons (Fsp3) is 0.545. The van der Waals surface area contributed by atoms with Crippen LogP contribution in [0.25, 0.3) is 5.69 Å². The molecule has 0 aliphatic carbocycles. The molecule has 1 fully saturated rings. The maximum Gasteiger partial charge on any atom is 0.109 e. The number of β-amino-alcohol motifs (C(OH)–C–C–N with tert-alkyl or cyclic N) is 1. The van der Waals surface area contributed by atoms with Gasteiger partial charge in [0.05, 0.1) is 18.8 Å². The highest BCUT2D eigenvalue weighted by molar-refractivity contribution is 5.48. The minimum Gasteiger partial charge on any atom is -0.395 e. The predicted molar refractivity (Wildman–Crippen MR) is 113 cm³/mol. The molecule has 1 aliphatic heterocycles. The first-order chi connectivity index (χ1) is 14.1. The molecule has 1 aliphatic rings. The summed E-state index contributed by atoms with van der Waals surface area (Å²) in [5.41, 5.74) is 2.25. The Balaban J connectivity index is 1.30. The van der Waals surface area contributed by atoms with Gasteiger partial charge in [0.15, 0.2) is 0 Å². The van der Waals surface area contributed by atoms with Gasteiger partial charge in [-0.15, -0.1) is 0 Å². The van der Waals surface area contributed by atoms with Gasteiger partial charge in [-0.3, -0.25) is 4.90 Å². The van der Waals surface area contributed by atoms with Gasteiger partial charge >= 0.3 is 0 Å². The minimum atomic E-state index is -1.19. The van der Waals surface area contributed by atoms with E-state index in [0.29, 0.717) is 6.54 Å². The molecule has 0 spiro atoms. The topological polar surface area (TPSA) is 101 Å². The monoisotopic (exact) mass is 403 g/mol. The number of nitrogens with one attached hydrogen (secondary N) is 1. The summed E-state index contributed by atoms with van der Waals surface area (Å²) in [5, 5.41) is 42.5. The van der Waals surface area contributed by atoms with E-state index in [0.717, 1.165) is 43.6 Å². The molecule has 5 N–H and O–H groups in total. The van der Waals surface area contributed by atoms with Gasteiger partial charge in [0.2, 0.25) is 0 Å². The Morgan fingerprint density at radius 2 is 1.59 bits per heavy atom. The third-order valence-electron chi connectivity index (χ3n) is 5.69. The number of likely N-dealkylation sites (tertiary alicyclic amines) is 1. The van der Waals surface area contributed by atoms with Crippen molar-refractivity contribution in [3.63, 3.8) is 0 Å². The highest BCUT2D eigenvalue weighted by atomic mass is 16.4. The SMILES string of the molecule is OC[C@@H]1[C@@H](O)[C@H](O)[C@@H](O)CN1CCCCCCNc1ccc(-n2cccc2)cc1. The summed E-state index contributed by atoms with van der Waals surface area (Å²) in [4.78, 5) is 1.88. The van der Waals surface area contributed by atoms with Crippen molar-refractivity contribution in [3.8, 4) is 5.69 Å². The lowest BCUT2D eigenvalue weighted by Gasteiger charge is -2.43. The molecule has 0 radical (unpaired) electrons. The summed E-state index contributed by atoms with van der Waals surface area (Å²) in [7, 11) is 0.